The zero-order valence-electron chi connectivity index (χ0n) is 10.2. The van der Waals surface area contributed by atoms with Crippen molar-refractivity contribution >= 4 is 12.0 Å². The van der Waals surface area contributed by atoms with Crippen LogP contribution in [0.4, 0.5) is 4.79 Å². The van der Waals surface area contributed by atoms with Gasteiger partial charge in [0.15, 0.2) is 0 Å². The van der Waals surface area contributed by atoms with E-state index >= 15 is 0 Å². The highest BCUT2D eigenvalue weighted by Crippen LogP contribution is 1.99. The fourth-order valence-electron chi connectivity index (χ4n) is 1.21. The average Bonchev–Trinajstić information content (AvgIpc) is 2.24. The van der Waals surface area contributed by atoms with Crippen LogP contribution in [0.5, 0.6) is 0 Å². The SMILES string of the molecule is C#CCC(NC(=O)N(CC)CC(=C)C)C(=O)O. The molecule has 0 radical (unpaired) electrons. The molecule has 5 heteroatoms. The predicted octanol–water partition coefficient (Wildman–Crippen LogP) is 1.07. The molecule has 0 aromatic rings. The number of carbonyl (C=O) groups excluding carboxylic acids is 1. The summed E-state index contributed by atoms with van der Waals surface area (Å²) in [6.07, 6.45) is 5.00. The summed E-state index contributed by atoms with van der Waals surface area (Å²) in [5.41, 5.74) is 0.825. The number of nitrogens with zero attached hydrogens (tertiary/aromatic N) is 1. The van der Waals surface area contributed by atoms with Gasteiger partial charge in [0.25, 0.3) is 0 Å². The lowest BCUT2D eigenvalue weighted by molar-refractivity contribution is -0.139. The summed E-state index contributed by atoms with van der Waals surface area (Å²) >= 11 is 0. The number of likely N-dealkylation sites (N-methyl/N-ethyl adjacent to an activating group) is 1. The Morgan fingerprint density at radius 2 is 2.18 bits per heavy atom. The summed E-state index contributed by atoms with van der Waals surface area (Å²) < 4.78 is 0. The summed E-state index contributed by atoms with van der Waals surface area (Å²) in [5, 5.41) is 11.2. The minimum atomic E-state index is -1.14. The van der Waals surface area contributed by atoms with Crippen LogP contribution in [0.1, 0.15) is 20.3 Å². The molecule has 0 saturated heterocycles. The Bertz CT molecular complexity index is 344. The smallest absolute Gasteiger partial charge is 0.327 e. The second-order valence-corrected chi connectivity index (χ2v) is 3.72. The maximum absolute atomic E-state index is 11.7. The predicted molar refractivity (Wildman–Crippen MR) is 65.5 cm³/mol. The fraction of sp³-hybridized carbons (Fsp3) is 0.500. The molecule has 0 bridgehead atoms. The van der Waals surface area contributed by atoms with Gasteiger partial charge in [0.05, 0.1) is 0 Å². The van der Waals surface area contributed by atoms with E-state index in [4.69, 9.17) is 11.5 Å². The molecule has 5 nitrogen and oxygen atoms in total. The van der Waals surface area contributed by atoms with Crippen molar-refractivity contribution < 1.29 is 14.7 Å². The lowest BCUT2D eigenvalue weighted by Gasteiger charge is -2.23. The number of aliphatic carboxylic acids is 1. The summed E-state index contributed by atoms with van der Waals surface area (Å²) in [6, 6.07) is -1.50. The number of carboxylic acid groups (broad SMARTS) is 1. The zero-order valence-corrected chi connectivity index (χ0v) is 10.2. The van der Waals surface area contributed by atoms with Crippen molar-refractivity contribution in [3.63, 3.8) is 0 Å². The lowest BCUT2D eigenvalue weighted by atomic mass is 10.2. The van der Waals surface area contributed by atoms with Gasteiger partial charge in [-0.15, -0.1) is 12.3 Å². The van der Waals surface area contributed by atoms with Gasteiger partial charge >= 0.3 is 12.0 Å². The van der Waals surface area contributed by atoms with Crippen molar-refractivity contribution in [2.75, 3.05) is 13.1 Å². The highest BCUT2D eigenvalue weighted by molar-refractivity contribution is 5.82. The fourth-order valence-corrected chi connectivity index (χ4v) is 1.21. The molecule has 94 valence electrons. The second kappa shape index (κ2) is 7.34. The van der Waals surface area contributed by atoms with Crippen molar-refractivity contribution in [2.24, 2.45) is 0 Å². The first-order chi connectivity index (χ1) is 7.92. The molecule has 1 unspecified atom stereocenters. The van der Waals surface area contributed by atoms with Gasteiger partial charge in [-0.1, -0.05) is 12.2 Å². The average molecular weight is 238 g/mol. The van der Waals surface area contributed by atoms with E-state index in [-0.39, 0.29) is 6.42 Å². The van der Waals surface area contributed by atoms with Gasteiger partial charge < -0.3 is 15.3 Å². The quantitative estimate of drug-likeness (QED) is 0.537. The van der Waals surface area contributed by atoms with Gasteiger partial charge in [-0.25, -0.2) is 9.59 Å². The third-order valence-corrected chi connectivity index (χ3v) is 2.05. The number of hydrogen-bond donors (Lipinski definition) is 2. The molecule has 0 fully saturated rings. The molecule has 17 heavy (non-hydrogen) atoms. The van der Waals surface area contributed by atoms with Gasteiger partial charge in [-0.3, -0.25) is 0 Å². The molecule has 0 saturated carbocycles. The number of urea groups is 1. The van der Waals surface area contributed by atoms with E-state index in [0.717, 1.165) is 5.57 Å². The van der Waals surface area contributed by atoms with Crippen LogP contribution in [0.3, 0.4) is 0 Å². The molecule has 0 aliphatic carbocycles. The molecule has 0 aromatic heterocycles. The number of carboxylic acids is 1. The Morgan fingerprint density at radius 3 is 2.53 bits per heavy atom. The third-order valence-electron chi connectivity index (χ3n) is 2.05. The maximum atomic E-state index is 11.7. The molecular weight excluding hydrogens is 220 g/mol. The van der Waals surface area contributed by atoms with Crippen molar-refractivity contribution in [1.29, 1.82) is 0 Å². The molecule has 0 spiro atoms. The van der Waals surface area contributed by atoms with Crippen molar-refractivity contribution in [3.05, 3.63) is 12.2 Å². The van der Waals surface area contributed by atoms with Gasteiger partial charge in [0, 0.05) is 19.5 Å². The second-order valence-electron chi connectivity index (χ2n) is 3.72. The first-order valence-corrected chi connectivity index (χ1v) is 5.28. The monoisotopic (exact) mass is 238 g/mol. The minimum absolute atomic E-state index is 0.0360. The molecule has 0 aromatic carbocycles. The minimum Gasteiger partial charge on any atom is -0.480 e. The molecule has 2 N–H and O–H groups in total. The van der Waals surface area contributed by atoms with Crippen molar-refractivity contribution in [1.82, 2.24) is 10.2 Å². The molecule has 0 aliphatic rings. The Kier molecular flexibility index (Phi) is 6.49. The number of hydrogen-bond acceptors (Lipinski definition) is 2. The van der Waals surface area contributed by atoms with Crippen molar-refractivity contribution in [2.45, 2.75) is 26.3 Å². The first-order valence-electron chi connectivity index (χ1n) is 5.28. The van der Waals surface area contributed by atoms with Crippen LogP contribution in [0, 0.1) is 12.3 Å². The maximum Gasteiger partial charge on any atom is 0.327 e. The first kappa shape index (κ1) is 15.0. The van der Waals surface area contributed by atoms with Gasteiger partial charge in [0.2, 0.25) is 0 Å². The number of nitrogens with one attached hydrogen (secondary N) is 1. The number of terminal acetylenes is 1. The highest BCUT2D eigenvalue weighted by Gasteiger charge is 2.21. The zero-order chi connectivity index (χ0) is 13.4. The highest BCUT2D eigenvalue weighted by atomic mass is 16.4. The van der Waals surface area contributed by atoms with Gasteiger partial charge in [0.1, 0.15) is 6.04 Å². The summed E-state index contributed by atoms with van der Waals surface area (Å²) in [4.78, 5) is 24.0. The molecule has 0 rings (SSSR count). The molecule has 0 heterocycles. The van der Waals surface area contributed by atoms with Crippen LogP contribution in [-0.4, -0.2) is 41.1 Å². The lowest BCUT2D eigenvalue weighted by Crippen LogP contribution is -2.48. The standard InChI is InChI=1S/C12H18N2O3/c1-5-7-10(11(15)16)13-12(17)14(6-2)8-9(3)4/h1,10H,3,6-8H2,2,4H3,(H,13,17)(H,15,16). The molecule has 2 amide bonds. The van der Waals surface area contributed by atoms with E-state index in [2.05, 4.69) is 17.8 Å². The Morgan fingerprint density at radius 1 is 1.59 bits per heavy atom. The van der Waals surface area contributed by atoms with Crippen molar-refractivity contribution in [3.8, 4) is 12.3 Å². The molecule has 0 aliphatic heterocycles. The van der Waals surface area contributed by atoms with Crippen LogP contribution in [0.15, 0.2) is 12.2 Å². The van der Waals surface area contributed by atoms with Crippen LogP contribution >= 0.6 is 0 Å². The summed E-state index contributed by atoms with van der Waals surface area (Å²) in [7, 11) is 0. The Hall–Kier alpha value is -1.96. The Balaban J connectivity index is 4.52. The molecular formula is C12H18N2O3. The Labute approximate surface area is 101 Å². The largest absolute Gasteiger partial charge is 0.480 e. The third kappa shape index (κ3) is 5.61. The van der Waals surface area contributed by atoms with E-state index in [1.54, 1.807) is 13.8 Å². The topological polar surface area (TPSA) is 69.6 Å². The molecule has 1 atom stereocenters. The number of rotatable bonds is 6. The normalized spacial score (nSPS) is 11.1. The van der Waals surface area contributed by atoms with E-state index in [0.29, 0.717) is 13.1 Å². The van der Waals surface area contributed by atoms with E-state index in [9.17, 15) is 9.59 Å². The van der Waals surface area contributed by atoms with Crippen LogP contribution in [0.25, 0.3) is 0 Å². The van der Waals surface area contributed by atoms with E-state index < -0.39 is 18.0 Å². The number of carbonyl (C=O) groups is 2. The van der Waals surface area contributed by atoms with E-state index in [1.165, 1.54) is 4.90 Å². The summed E-state index contributed by atoms with van der Waals surface area (Å²) in [5.74, 6) is 1.08. The number of amides is 2. The summed E-state index contributed by atoms with van der Waals surface area (Å²) in [6.45, 7) is 8.18. The van der Waals surface area contributed by atoms with Crippen LogP contribution in [0.2, 0.25) is 0 Å². The van der Waals surface area contributed by atoms with Crippen LogP contribution < -0.4 is 5.32 Å². The van der Waals surface area contributed by atoms with Gasteiger partial charge in [-0.05, 0) is 13.8 Å². The van der Waals surface area contributed by atoms with Gasteiger partial charge in [-0.2, -0.15) is 0 Å². The van der Waals surface area contributed by atoms with E-state index in [1.807, 2.05) is 0 Å². The van der Waals surface area contributed by atoms with Crippen LogP contribution in [-0.2, 0) is 4.79 Å².